The van der Waals surface area contributed by atoms with E-state index in [1.807, 2.05) is 30.3 Å². The van der Waals surface area contributed by atoms with E-state index in [1.54, 1.807) is 6.92 Å². The third kappa shape index (κ3) is 2.26. The van der Waals surface area contributed by atoms with Crippen LogP contribution in [0.25, 0.3) is 10.9 Å². The highest BCUT2D eigenvalue weighted by Gasteiger charge is 2.15. The number of nitrogens with one attached hydrogen (secondary N) is 2. The lowest BCUT2D eigenvalue weighted by Crippen LogP contribution is -2.32. The smallest absolute Gasteiger partial charge is 0.272 e. The van der Waals surface area contributed by atoms with Crippen LogP contribution in [0.2, 0.25) is 0 Å². The van der Waals surface area contributed by atoms with Crippen molar-refractivity contribution in [3.8, 4) is 6.07 Å². The first-order valence-electron chi connectivity index (χ1n) is 5.33. The Morgan fingerprint density at radius 1 is 1.59 bits per heavy atom. The van der Waals surface area contributed by atoms with Crippen molar-refractivity contribution in [2.24, 2.45) is 0 Å². The molecule has 2 rings (SSSR count). The van der Waals surface area contributed by atoms with E-state index in [0.717, 1.165) is 10.9 Å². The maximum atomic E-state index is 11.9. The summed E-state index contributed by atoms with van der Waals surface area (Å²) in [6.45, 7) is 1.79. The second-order valence-corrected chi connectivity index (χ2v) is 3.85. The minimum atomic E-state index is -0.259. The van der Waals surface area contributed by atoms with E-state index in [0.29, 0.717) is 5.69 Å². The molecule has 1 atom stereocenters. The van der Waals surface area contributed by atoms with Crippen molar-refractivity contribution in [1.29, 1.82) is 5.26 Å². The van der Waals surface area contributed by atoms with Gasteiger partial charge in [-0.25, -0.2) is 0 Å². The Morgan fingerprint density at radius 3 is 3.12 bits per heavy atom. The van der Waals surface area contributed by atoms with Gasteiger partial charge in [0.15, 0.2) is 5.69 Å². The molecule has 2 N–H and O–H groups in total. The number of carbonyl (C=O) groups is 1. The molecule has 0 aliphatic carbocycles. The Balaban J connectivity index is 2.23. The number of H-pyrrole nitrogens is 1. The van der Waals surface area contributed by atoms with Crippen LogP contribution < -0.4 is 5.32 Å². The highest BCUT2D eigenvalue weighted by atomic mass is 16.2. The molecule has 0 spiro atoms. The number of rotatable bonds is 3. The fourth-order valence-electron chi connectivity index (χ4n) is 1.62. The summed E-state index contributed by atoms with van der Waals surface area (Å²) in [5.74, 6) is -0.259. The van der Waals surface area contributed by atoms with Crippen molar-refractivity contribution < 1.29 is 4.79 Å². The van der Waals surface area contributed by atoms with Gasteiger partial charge in [-0.05, 0) is 13.0 Å². The first-order valence-corrected chi connectivity index (χ1v) is 5.33. The number of fused-ring (bicyclic) bond motifs is 1. The van der Waals surface area contributed by atoms with E-state index in [1.165, 1.54) is 0 Å². The van der Waals surface area contributed by atoms with E-state index in [9.17, 15) is 4.79 Å². The number of benzene rings is 1. The van der Waals surface area contributed by atoms with E-state index >= 15 is 0 Å². The number of amides is 1. The Bertz CT molecular complexity index is 581. The quantitative estimate of drug-likeness (QED) is 0.837. The predicted molar refractivity (Wildman–Crippen MR) is 63.3 cm³/mol. The summed E-state index contributed by atoms with van der Waals surface area (Å²) in [7, 11) is 0. The molecule has 2 aromatic rings. The normalized spacial score (nSPS) is 12.0. The van der Waals surface area contributed by atoms with Crippen LogP contribution in [0.1, 0.15) is 23.8 Å². The molecule has 0 saturated carbocycles. The summed E-state index contributed by atoms with van der Waals surface area (Å²) < 4.78 is 0. The van der Waals surface area contributed by atoms with Crippen molar-refractivity contribution in [1.82, 2.24) is 15.5 Å². The second kappa shape index (κ2) is 4.66. The third-order valence-corrected chi connectivity index (χ3v) is 2.46. The first kappa shape index (κ1) is 11.1. The fourth-order valence-corrected chi connectivity index (χ4v) is 1.62. The largest absolute Gasteiger partial charge is 0.347 e. The monoisotopic (exact) mass is 228 g/mol. The summed E-state index contributed by atoms with van der Waals surface area (Å²) in [5, 5.41) is 18.8. The maximum Gasteiger partial charge on any atom is 0.272 e. The minimum absolute atomic E-state index is 0.178. The zero-order chi connectivity index (χ0) is 12.3. The van der Waals surface area contributed by atoms with Crippen molar-refractivity contribution >= 4 is 16.8 Å². The number of carbonyl (C=O) groups excluding carboxylic acids is 1. The van der Waals surface area contributed by atoms with Crippen LogP contribution in [0, 0.1) is 11.3 Å². The number of aromatic nitrogens is 2. The van der Waals surface area contributed by atoms with Gasteiger partial charge in [0.25, 0.3) is 5.91 Å². The van der Waals surface area contributed by atoms with Crippen LogP contribution in [-0.2, 0) is 0 Å². The van der Waals surface area contributed by atoms with Gasteiger partial charge in [-0.1, -0.05) is 18.2 Å². The Labute approximate surface area is 98.4 Å². The topological polar surface area (TPSA) is 81.6 Å². The van der Waals surface area contributed by atoms with Gasteiger partial charge in [0.2, 0.25) is 0 Å². The van der Waals surface area contributed by atoms with Crippen LogP contribution in [-0.4, -0.2) is 22.1 Å². The first-order chi connectivity index (χ1) is 8.22. The lowest BCUT2D eigenvalue weighted by atomic mass is 10.2. The summed E-state index contributed by atoms with van der Waals surface area (Å²) in [4.78, 5) is 11.9. The number of nitriles is 1. The molecular formula is C12H12N4O. The molecule has 17 heavy (non-hydrogen) atoms. The van der Waals surface area contributed by atoms with Gasteiger partial charge in [-0.3, -0.25) is 9.89 Å². The molecule has 0 aliphatic heterocycles. The van der Waals surface area contributed by atoms with E-state index < -0.39 is 0 Å². The van der Waals surface area contributed by atoms with E-state index in [4.69, 9.17) is 5.26 Å². The van der Waals surface area contributed by atoms with Crippen LogP contribution >= 0.6 is 0 Å². The molecule has 86 valence electrons. The highest BCUT2D eigenvalue weighted by molar-refractivity contribution is 6.04. The number of hydrogen-bond donors (Lipinski definition) is 2. The number of nitrogens with zero attached hydrogens (tertiary/aromatic N) is 2. The zero-order valence-electron chi connectivity index (χ0n) is 9.40. The molecule has 1 aromatic carbocycles. The van der Waals surface area contributed by atoms with Gasteiger partial charge < -0.3 is 5.32 Å². The maximum absolute atomic E-state index is 11.9. The van der Waals surface area contributed by atoms with Crippen molar-refractivity contribution in [2.75, 3.05) is 0 Å². The van der Waals surface area contributed by atoms with Crippen LogP contribution in [0.4, 0.5) is 0 Å². The lowest BCUT2D eigenvalue weighted by molar-refractivity contribution is 0.0937. The van der Waals surface area contributed by atoms with Crippen LogP contribution in [0.3, 0.4) is 0 Å². The number of aromatic amines is 1. The van der Waals surface area contributed by atoms with Gasteiger partial charge in [-0.15, -0.1) is 0 Å². The second-order valence-electron chi connectivity index (χ2n) is 3.85. The zero-order valence-corrected chi connectivity index (χ0v) is 9.40. The molecule has 1 amide bonds. The molecular weight excluding hydrogens is 216 g/mol. The van der Waals surface area contributed by atoms with Gasteiger partial charge >= 0.3 is 0 Å². The average Bonchev–Trinajstić information content (AvgIpc) is 2.72. The SMILES string of the molecule is CC(CC#N)NC(=O)c1n[nH]c2ccccc12. The molecule has 0 radical (unpaired) electrons. The Morgan fingerprint density at radius 2 is 2.35 bits per heavy atom. The standard InChI is InChI=1S/C12H12N4O/c1-8(6-7-13)14-12(17)11-9-4-2-3-5-10(9)15-16-11/h2-5,8H,6H2,1H3,(H,14,17)(H,15,16). The molecule has 1 heterocycles. The summed E-state index contributed by atoms with van der Waals surface area (Å²) in [6.07, 6.45) is 0.286. The number of hydrogen-bond acceptors (Lipinski definition) is 3. The van der Waals surface area contributed by atoms with E-state index in [-0.39, 0.29) is 18.4 Å². The molecule has 1 aromatic heterocycles. The predicted octanol–water partition coefficient (Wildman–Crippen LogP) is 1.59. The van der Waals surface area contributed by atoms with E-state index in [2.05, 4.69) is 15.5 Å². The van der Waals surface area contributed by atoms with Gasteiger partial charge in [-0.2, -0.15) is 10.4 Å². The summed E-state index contributed by atoms with van der Waals surface area (Å²) in [6, 6.07) is 9.26. The van der Waals surface area contributed by atoms with Gasteiger partial charge in [0.05, 0.1) is 18.0 Å². The van der Waals surface area contributed by atoms with Crippen LogP contribution in [0.5, 0.6) is 0 Å². The molecule has 0 saturated heterocycles. The number of para-hydroxylation sites is 1. The van der Waals surface area contributed by atoms with Crippen LogP contribution in [0.15, 0.2) is 24.3 Å². The molecule has 5 nitrogen and oxygen atoms in total. The van der Waals surface area contributed by atoms with Crippen molar-refractivity contribution in [2.45, 2.75) is 19.4 Å². The average molecular weight is 228 g/mol. The molecule has 0 bridgehead atoms. The molecule has 0 fully saturated rings. The highest BCUT2D eigenvalue weighted by Crippen LogP contribution is 2.14. The Kier molecular flexibility index (Phi) is 3.06. The summed E-state index contributed by atoms with van der Waals surface area (Å²) in [5.41, 5.74) is 1.19. The fraction of sp³-hybridized carbons (Fsp3) is 0.250. The molecule has 1 unspecified atom stereocenters. The molecule has 5 heteroatoms. The van der Waals surface area contributed by atoms with Gasteiger partial charge in [0.1, 0.15) is 0 Å². The minimum Gasteiger partial charge on any atom is -0.347 e. The lowest BCUT2D eigenvalue weighted by Gasteiger charge is -2.08. The summed E-state index contributed by atoms with van der Waals surface area (Å²) >= 11 is 0. The third-order valence-electron chi connectivity index (χ3n) is 2.46. The molecule has 0 aliphatic rings. The Hall–Kier alpha value is -2.35. The van der Waals surface area contributed by atoms with Crippen molar-refractivity contribution in [3.05, 3.63) is 30.0 Å². The van der Waals surface area contributed by atoms with Gasteiger partial charge in [0, 0.05) is 11.4 Å². The van der Waals surface area contributed by atoms with Crippen molar-refractivity contribution in [3.63, 3.8) is 0 Å².